The van der Waals surface area contributed by atoms with Crippen LogP contribution in [0.25, 0.3) is 10.9 Å². The SMILES string of the molecule is CCCNC(=O)c1ccc2c(c1)c(C)c(C)n2Cc1ccc(Cl)cc1. The maximum atomic E-state index is 12.2. The van der Waals surface area contributed by atoms with E-state index < -0.39 is 0 Å². The van der Waals surface area contributed by atoms with E-state index in [-0.39, 0.29) is 5.91 Å². The van der Waals surface area contributed by atoms with E-state index in [0.717, 1.165) is 28.9 Å². The van der Waals surface area contributed by atoms with E-state index in [9.17, 15) is 4.79 Å². The van der Waals surface area contributed by atoms with Crippen LogP contribution in [0.15, 0.2) is 42.5 Å². The zero-order valence-corrected chi connectivity index (χ0v) is 15.7. The molecule has 2 aromatic carbocycles. The topological polar surface area (TPSA) is 34.0 Å². The Bertz CT molecular complexity index is 910. The first kappa shape index (κ1) is 17.6. The Balaban J connectivity index is 1.98. The maximum Gasteiger partial charge on any atom is 0.251 e. The van der Waals surface area contributed by atoms with Crippen molar-refractivity contribution in [2.75, 3.05) is 6.54 Å². The van der Waals surface area contributed by atoms with E-state index in [1.165, 1.54) is 16.8 Å². The van der Waals surface area contributed by atoms with Crippen molar-refractivity contribution in [1.82, 2.24) is 9.88 Å². The molecule has 3 aromatic rings. The highest BCUT2D eigenvalue weighted by Crippen LogP contribution is 2.27. The van der Waals surface area contributed by atoms with Gasteiger partial charge in [-0.3, -0.25) is 4.79 Å². The fourth-order valence-electron chi connectivity index (χ4n) is 3.11. The van der Waals surface area contributed by atoms with Gasteiger partial charge < -0.3 is 9.88 Å². The second-order valence-electron chi connectivity index (χ2n) is 6.41. The van der Waals surface area contributed by atoms with Crippen LogP contribution in [-0.2, 0) is 6.54 Å². The molecule has 0 aliphatic carbocycles. The first-order valence-corrected chi connectivity index (χ1v) is 9.01. The molecule has 130 valence electrons. The molecule has 1 N–H and O–H groups in total. The van der Waals surface area contributed by atoms with Crippen molar-refractivity contribution in [1.29, 1.82) is 0 Å². The summed E-state index contributed by atoms with van der Waals surface area (Å²) < 4.78 is 2.29. The summed E-state index contributed by atoms with van der Waals surface area (Å²) in [7, 11) is 0. The summed E-state index contributed by atoms with van der Waals surface area (Å²) in [5.74, 6) is -0.00810. The zero-order chi connectivity index (χ0) is 18.0. The van der Waals surface area contributed by atoms with Gasteiger partial charge in [0.15, 0.2) is 0 Å². The van der Waals surface area contributed by atoms with Gasteiger partial charge in [0.05, 0.1) is 0 Å². The Hall–Kier alpha value is -2.26. The fourth-order valence-corrected chi connectivity index (χ4v) is 3.23. The number of aryl methyl sites for hydroxylation is 1. The van der Waals surface area contributed by atoms with E-state index in [1.807, 2.05) is 37.3 Å². The van der Waals surface area contributed by atoms with Crippen LogP contribution in [0.4, 0.5) is 0 Å². The summed E-state index contributed by atoms with van der Waals surface area (Å²) in [6.45, 7) is 7.78. The second kappa shape index (κ2) is 7.32. The molecule has 0 spiro atoms. The minimum absolute atomic E-state index is 0.00810. The van der Waals surface area contributed by atoms with Crippen molar-refractivity contribution in [2.24, 2.45) is 0 Å². The Labute approximate surface area is 153 Å². The van der Waals surface area contributed by atoms with E-state index >= 15 is 0 Å². The smallest absolute Gasteiger partial charge is 0.251 e. The molecule has 0 aliphatic heterocycles. The van der Waals surface area contributed by atoms with Crippen molar-refractivity contribution >= 4 is 28.4 Å². The largest absolute Gasteiger partial charge is 0.352 e. The zero-order valence-electron chi connectivity index (χ0n) is 14.9. The first-order chi connectivity index (χ1) is 12.0. The number of nitrogens with one attached hydrogen (secondary N) is 1. The quantitative estimate of drug-likeness (QED) is 0.679. The van der Waals surface area contributed by atoms with Gasteiger partial charge >= 0.3 is 0 Å². The third-order valence-corrected chi connectivity index (χ3v) is 4.94. The summed E-state index contributed by atoms with van der Waals surface area (Å²) in [6, 6.07) is 13.9. The molecule has 1 aromatic heterocycles. The lowest BCUT2D eigenvalue weighted by molar-refractivity contribution is 0.0954. The van der Waals surface area contributed by atoms with Crippen molar-refractivity contribution in [3.8, 4) is 0 Å². The summed E-state index contributed by atoms with van der Waals surface area (Å²) in [4.78, 5) is 12.2. The standard InChI is InChI=1S/C21H23ClN2O/c1-4-11-23-21(25)17-7-10-20-19(12-17)14(2)15(3)24(20)13-16-5-8-18(22)9-6-16/h5-10,12H,4,11,13H2,1-3H3,(H,23,25). The molecule has 1 heterocycles. The van der Waals surface area contributed by atoms with E-state index in [2.05, 4.69) is 35.9 Å². The molecule has 0 atom stereocenters. The normalized spacial score (nSPS) is 11.0. The lowest BCUT2D eigenvalue weighted by Crippen LogP contribution is -2.23. The van der Waals surface area contributed by atoms with Crippen LogP contribution < -0.4 is 5.32 Å². The number of carbonyl (C=O) groups is 1. The molecule has 0 aliphatic rings. The molecule has 0 saturated carbocycles. The van der Waals surface area contributed by atoms with Crippen molar-refractivity contribution < 1.29 is 4.79 Å². The van der Waals surface area contributed by atoms with E-state index in [4.69, 9.17) is 11.6 Å². The lowest BCUT2D eigenvalue weighted by Gasteiger charge is -2.09. The maximum absolute atomic E-state index is 12.2. The summed E-state index contributed by atoms with van der Waals surface area (Å²) in [5, 5.41) is 4.82. The average molecular weight is 355 g/mol. The summed E-state index contributed by atoms with van der Waals surface area (Å²) >= 11 is 5.98. The van der Waals surface area contributed by atoms with Crippen molar-refractivity contribution in [3.63, 3.8) is 0 Å². The van der Waals surface area contributed by atoms with Gasteiger partial charge in [0.1, 0.15) is 0 Å². The van der Waals surface area contributed by atoms with Gasteiger partial charge in [-0.2, -0.15) is 0 Å². The lowest BCUT2D eigenvalue weighted by atomic mass is 10.1. The molecule has 0 bridgehead atoms. The number of hydrogen-bond donors (Lipinski definition) is 1. The first-order valence-electron chi connectivity index (χ1n) is 8.63. The van der Waals surface area contributed by atoms with Crippen LogP contribution in [0.1, 0.15) is 40.5 Å². The third-order valence-electron chi connectivity index (χ3n) is 4.69. The van der Waals surface area contributed by atoms with Gasteiger partial charge in [0, 0.05) is 40.3 Å². The highest BCUT2D eigenvalue weighted by Gasteiger charge is 2.14. The number of hydrogen-bond acceptors (Lipinski definition) is 1. The highest BCUT2D eigenvalue weighted by atomic mass is 35.5. The predicted octanol–water partition coefficient (Wildman–Crippen LogP) is 5.10. The molecule has 0 saturated heterocycles. The number of amides is 1. The van der Waals surface area contributed by atoms with Crippen molar-refractivity contribution in [2.45, 2.75) is 33.7 Å². The van der Waals surface area contributed by atoms with Gasteiger partial charge in [0.25, 0.3) is 5.91 Å². The Morgan fingerprint density at radius 2 is 1.84 bits per heavy atom. The van der Waals surface area contributed by atoms with Gasteiger partial charge in [-0.1, -0.05) is 30.7 Å². The van der Waals surface area contributed by atoms with Gasteiger partial charge in [0.2, 0.25) is 0 Å². The molecule has 25 heavy (non-hydrogen) atoms. The Kier molecular flexibility index (Phi) is 5.14. The van der Waals surface area contributed by atoms with Crippen LogP contribution in [0.5, 0.6) is 0 Å². The number of carbonyl (C=O) groups excluding carboxylic acids is 1. The van der Waals surface area contributed by atoms with Gasteiger partial charge in [-0.05, 0) is 61.7 Å². The molecule has 3 rings (SSSR count). The second-order valence-corrected chi connectivity index (χ2v) is 6.85. The fraction of sp³-hybridized carbons (Fsp3) is 0.286. The van der Waals surface area contributed by atoms with Crippen LogP contribution in [0, 0.1) is 13.8 Å². The molecule has 0 radical (unpaired) electrons. The summed E-state index contributed by atoms with van der Waals surface area (Å²) in [5.41, 5.74) is 5.50. The molecular weight excluding hydrogens is 332 g/mol. The molecule has 4 heteroatoms. The minimum Gasteiger partial charge on any atom is -0.352 e. The van der Waals surface area contributed by atoms with Gasteiger partial charge in [-0.25, -0.2) is 0 Å². The third kappa shape index (κ3) is 3.57. The van der Waals surface area contributed by atoms with Crippen LogP contribution >= 0.6 is 11.6 Å². The molecule has 0 unspecified atom stereocenters. The summed E-state index contributed by atoms with van der Waals surface area (Å²) in [6.07, 6.45) is 0.934. The number of halogens is 1. The minimum atomic E-state index is -0.00810. The number of aromatic nitrogens is 1. The number of rotatable bonds is 5. The van der Waals surface area contributed by atoms with Crippen LogP contribution in [-0.4, -0.2) is 17.0 Å². The molecule has 1 amide bonds. The van der Waals surface area contributed by atoms with E-state index in [0.29, 0.717) is 12.1 Å². The monoisotopic (exact) mass is 354 g/mol. The van der Waals surface area contributed by atoms with Crippen LogP contribution in [0.3, 0.4) is 0 Å². The van der Waals surface area contributed by atoms with Gasteiger partial charge in [-0.15, -0.1) is 0 Å². The molecule has 3 nitrogen and oxygen atoms in total. The Morgan fingerprint density at radius 3 is 2.52 bits per heavy atom. The number of fused-ring (bicyclic) bond motifs is 1. The van der Waals surface area contributed by atoms with Crippen molar-refractivity contribution in [3.05, 3.63) is 69.9 Å². The van der Waals surface area contributed by atoms with Crippen LogP contribution in [0.2, 0.25) is 5.02 Å². The molecular formula is C21H23ClN2O. The predicted molar refractivity (Wildman–Crippen MR) is 105 cm³/mol. The number of nitrogens with zero attached hydrogens (tertiary/aromatic N) is 1. The highest BCUT2D eigenvalue weighted by molar-refractivity contribution is 6.30. The molecule has 0 fully saturated rings. The average Bonchev–Trinajstić information content (AvgIpc) is 2.86. The Morgan fingerprint density at radius 1 is 1.12 bits per heavy atom. The van der Waals surface area contributed by atoms with E-state index in [1.54, 1.807) is 0 Å². The number of benzene rings is 2.